The molecule has 2 rings (SSSR count). The number of nitrogens with zero attached hydrogens (tertiary/aromatic N) is 2. The van der Waals surface area contributed by atoms with E-state index in [1.54, 1.807) is 12.1 Å². The Bertz CT molecular complexity index is 648. The van der Waals surface area contributed by atoms with Crippen molar-refractivity contribution in [1.29, 1.82) is 0 Å². The van der Waals surface area contributed by atoms with Gasteiger partial charge in [0.25, 0.3) is 0 Å². The van der Waals surface area contributed by atoms with Crippen molar-refractivity contribution in [2.45, 2.75) is 38.8 Å². The zero-order chi connectivity index (χ0) is 16.8. The van der Waals surface area contributed by atoms with E-state index in [1.165, 1.54) is 0 Å². The van der Waals surface area contributed by atoms with Crippen LogP contribution in [-0.2, 0) is 6.42 Å². The highest BCUT2D eigenvalue weighted by Gasteiger charge is 2.19. The van der Waals surface area contributed by atoms with Crippen molar-refractivity contribution in [3.63, 3.8) is 0 Å². The fraction of sp³-hybridized carbons (Fsp3) is 0.412. The van der Waals surface area contributed by atoms with Gasteiger partial charge in [0.1, 0.15) is 6.17 Å². The van der Waals surface area contributed by atoms with E-state index in [0.29, 0.717) is 35.5 Å². The molecule has 2 aromatic rings. The van der Waals surface area contributed by atoms with Gasteiger partial charge < -0.3 is 0 Å². The van der Waals surface area contributed by atoms with E-state index in [2.05, 4.69) is 10.2 Å². The maximum absolute atomic E-state index is 14.2. The Morgan fingerprint density at radius 1 is 1.09 bits per heavy atom. The van der Waals surface area contributed by atoms with Crippen molar-refractivity contribution in [2.75, 3.05) is 6.67 Å². The molecule has 124 valence electrons. The number of unbranched alkanes of at least 4 members (excludes halogenated alkanes) is 1. The molecule has 0 saturated carbocycles. The van der Waals surface area contributed by atoms with E-state index in [-0.39, 0.29) is 11.6 Å². The van der Waals surface area contributed by atoms with E-state index < -0.39 is 12.8 Å². The zero-order valence-electron chi connectivity index (χ0n) is 12.8. The van der Waals surface area contributed by atoms with Gasteiger partial charge in [-0.15, -0.1) is 5.10 Å². The fourth-order valence-electron chi connectivity index (χ4n) is 2.52. The van der Waals surface area contributed by atoms with Gasteiger partial charge in [-0.2, -0.15) is 5.10 Å². The van der Waals surface area contributed by atoms with Crippen molar-refractivity contribution < 1.29 is 8.78 Å². The maximum Gasteiger partial charge on any atom is 0.155 e. The quantitative estimate of drug-likeness (QED) is 0.586. The molecule has 0 fully saturated rings. The minimum absolute atomic E-state index is 0.138. The molecule has 1 atom stereocenters. The Morgan fingerprint density at radius 3 is 2.43 bits per heavy atom. The number of rotatable bonds is 7. The highest BCUT2D eigenvalue weighted by atomic mass is 35.5. The van der Waals surface area contributed by atoms with Gasteiger partial charge >= 0.3 is 0 Å². The summed E-state index contributed by atoms with van der Waals surface area (Å²) in [5.74, 6) is 0. The van der Waals surface area contributed by atoms with Crippen LogP contribution in [0.25, 0.3) is 11.1 Å². The van der Waals surface area contributed by atoms with Crippen LogP contribution in [0.5, 0.6) is 0 Å². The zero-order valence-corrected chi connectivity index (χ0v) is 14.3. The SMILES string of the molecule is Cc1nnc(Cl)c(CC(F)CCCCF)c1-c1ccc(Cl)cc1. The van der Waals surface area contributed by atoms with Crippen LogP contribution in [0, 0.1) is 6.92 Å². The Labute approximate surface area is 144 Å². The lowest BCUT2D eigenvalue weighted by Crippen LogP contribution is -2.09. The van der Waals surface area contributed by atoms with Crippen molar-refractivity contribution in [3.8, 4) is 11.1 Å². The molecular weight excluding hydrogens is 341 g/mol. The van der Waals surface area contributed by atoms with Crippen molar-refractivity contribution in [1.82, 2.24) is 10.2 Å². The van der Waals surface area contributed by atoms with Gasteiger partial charge in [-0.3, -0.25) is 4.39 Å². The molecule has 1 heterocycles. The first-order valence-corrected chi connectivity index (χ1v) is 8.26. The summed E-state index contributed by atoms with van der Waals surface area (Å²) in [6.45, 7) is 1.40. The van der Waals surface area contributed by atoms with Gasteiger partial charge in [0.2, 0.25) is 0 Å². The van der Waals surface area contributed by atoms with Gasteiger partial charge in [-0.1, -0.05) is 35.3 Å². The van der Waals surface area contributed by atoms with Crippen LogP contribution in [0.3, 0.4) is 0 Å². The molecule has 6 heteroatoms. The minimum atomic E-state index is -1.09. The Balaban J connectivity index is 2.31. The van der Waals surface area contributed by atoms with Crippen LogP contribution in [0.2, 0.25) is 10.2 Å². The van der Waals surface area contributed by atoms with Gasteiger partial charge in [0, 0.05) is 22.6 Å². The molecule has 0 spiro atoms. The summed E-state index contributed by atoms with van der Waals surface area (Å²) in [4.78, 5) is 0. The normalized spacial score (nSPS) is 12.4. The first kappa shape index (κ1) is 18.1. The smallest absolute Gasteiger partial charge is 0.155 e. The molecule has 0 aliphatic carbocycles. The summed E-state index contributed by atoms with van der Waals surface area (Å²) in [6.07, 6.45) is 0.254. The second-order valence-electron chi connectivity index (χ2n) is 5.42. The Morgan fingerprint density at radius 2 is 1.78 bits per heavy atom. The molecular formula is C17H18Cl2F2N2. The van der Waals surface area contributed by atoms with Crippen molar-refractivity contribution in [2.24, 2.45) is 0 Å². The second-order valence-corrected chi connectivity index (χ2v) is 6.22. The summed E-state index contributed by atoms with van der Waals surface area (Å²) in [5.41, 5.74) is 2.97. The molecule has 23 heavy (non-hydrogen) atoms. The molecule has 0 amide bonds. The first-order chi connectivity index (χ1) is 11.0. The van der Waals surface area contributed by atoms with E-state index in [1.807, 2.05) is 19.1 Å². The van der Waals surface area contributed by atoms with E-state index in [0.717, 1.165) is 11.1 Å². The molecule has 0 N–H and O–H groups in total. The van der Waals surface area contributed by atoms with Crippen LogP contribution in [-0.4, -0.2) is 23.0 Å². The molecule has 0 saturated heterocycles. The minimum Gasteiger partial charge on any atom is -0.251 e. The van der Waals surface area contributed by atoms with Crippen LogP contribution >= 0.6 is 23.2 Å². The van der Waals surface area contributed by atoms with Crippen molar-refractivity contribution >= 4 is 23.2 Å². The number of alkyl halides is 2. The lowest BCUT2D eigenvalue weighted by atomic mass is 9.95. The molecule has 1 unspecified atom stereocenters. The summed E-state index contributed by atoms with van der Waals surface area (Å²) >= 11 is 12.1. The fourth-order valence-corrected chi connectivity index (χ4v) is 2.86. The number of benzene rings is 1. The lowest BCUT2D eigenvalue weighted by molar-refractivity contribution is 0.298. The predicted octanol–water partition coefficient (Wildman–Crippen LogP) is 5.78. The molecule has 0 radical (unpaired) electrons. The van der Waals surface area contributed by atoms with Crippen LogP contribution < -0.4 is 0 Å². The number of aromatic nitrogens is 2. The number of hydrogen-bond acceptors (Lipinski definition) is 2. The van der Waals surface area contributed by atoms with Gasteiger partial charge in [-0.05, 0) is 43.9 Å². The third kappa shape index (κ3) is 4.85. The highest BCUT2D eigenvalue weighted by molar-refractivity contribution is 6.31. The molecule has 0 bridgehead atoms. The van der Waals surface area contributed by atoms with Gasteiger partial charge in [-0.25, -0.2) is 4.39 Å². The number of aryl methyl sites for hydroxylation is 1. The number of halogens is 4. The van der Waals surface area contributed by atoms with Crippen LogP contribution in [0.1, 0.15) is 30.5 Å². The van der Waals surface area contributed by atoms with Crippen LogP contribution in [0.15, 0.2) is 24.3 Å². The Kier molecular flexibility index (Phi) is 6.72. The summed E-state index contributed by atoms with van der Waals surface area (Å²) in [7, 11) is 0. The summed E-state index contributed by atoms with van der Waals surface area (Å²) in [5, 5.41) is 8.75. The molecule has 0 aliphatic rings. The molecule has 1 aromatic carbocycles. The van der Waals surface area contributed by atoms with Crippen LogP contribution in [0.4, 0.5) is 8.78 Å². The highest BCUT2D eigenvalue weighted by Crippen LogP contribution is 2.32. The average Bonchev–Trinajstić information content (AvgIpc) is 2.53. The first-order valence-electron chi connectivity index (χ1n) is 7.50. The van der Waals surface area contributed by atoms with Gasteiger partial charge in [0.05, 0.1) is 12.4 Å². The maximum atomic E-state index is 14.2. The van der Waals surface area contributed by atoms with E-state index in [4.69, 9.17) is 23.2 Å². The van der Waals surface area contributed by atoms with E-state index in [9.17, 15) is 8.78 Å². The summed E-state index contributed by atoms with van der Waals surface area (Å²) in [6, 6.07) is 7.23. The molecule has 0 aliphatic heterocycles. The summed E-state index contributed by atoms with van der Waals surface area (Å²) < 4.78 is 26.4. The standard InChI is InChI=1S/C17H18Cl2F2N2/c1-11-16(12-5-7-13(18)8-6-12)15(17(19)23-22-11)10-14(21)4-2-3-9-20/h5-8,14H,2-4,9-10H2,1H3. The molecule has 2 nitrogen and oxygen atoms in total. The largest absolute Gasteiger partial charge is 0.251 e. The van der Waals surface area contributed by atoms with Crippen molar-refractivity contribution in [3.05, 3.63) is 45.7 Å². The topological polar surface area (TPSA) is 25.8 Å². The van der Waals surface area contributed by atoms with Gasteiger partial charge in [0.15, 0.2) is 5.15 Å². The second kappa shape index (κ2) is 8.55. The predicted molar refractivity (Wildman–Crippen MR) is 90.7 cm³/mol. The monoisotopic (exact) mass is 358 g/mol. The van der Waals surface area contributed by atoms with E-state index >= 15 is 0 Å². The third-order valence-electron chi connectivity index (χ3n) is 3.66. The lowest BCUT2D eigenvalue weighted by Gasteiger charge is -2.15. The average molecular weight is 359 g/mol. The Hall–Kier alpha value is -1.26. The number of hydrogen-bond donors (Lipinski definition) is 0. The molecule has 1 aromatic heterocycles. The third-order valence-corrected chi connectivity index (χ3v) is 4.22.